The van der Waals surface area contributed by atoms with E-state index in [0.29, 0.717) is 57.7 Å². The van der Waals surface area contributed by atoms with E-state index in [1.54, 1.807) is 31.4 Å². The van der Waals surface area contributed by atoms with Gasteiger partial charge >= 0.3 is 0 Å². The third-order valence-electron chi connectivity index (χ3n) is 8.92. The normalized spacial score (nSPS) is 22.0. The van der Waals surface area contributed by atoms with Crippen molar-refractivity contribution in [2.24, 2.45) is 5.41 Å². The maximum absolute atomic E-state index is 14.3. The molecule has 2 aromatic rings. The van der Waals surface area contributed by atoms with Crippen LogP contribution in [0.25, 0.3) is 0 Å². The van der Waals surface area contributed by atoms with E-state index in [-0.39, 0.29) is 42.1 Å². The van der Waals surface area contributed by atoms with E-state index in [9.17, 15) is 18.8 Å². The SMILES string of the molecule is COCCC1(C(=O)NCC2(c3cccc(F)c3)CCCC2)CNC(=O)CCCNCCCNC(=O)COc2ccc(cc2)C1. The van der Waals surface area contributed by atoms with Crippen LogP contribution >= 0.6 is 0 Å². The van der Waals surface area contributed by atoms with Crippen molar-refractivity contribution in [1.29, 1.82) is 0 Å². The quantitative estimate of drug-likeness (QED) is 0.382. The maximum atomic E-state index is 14.3. The zero-order valence-corrected chi connectivity index (χ0v) is 25.9. The molecule has 44 heavy (non-hydrogen) atoms. The maximum Gasteiger partial charge on any atom is 0.257 e. The zero-order valence-electron chi connectivity index (χ0n) is 25.9. The van der Waals surface area contributed by atoms with Crippen molar-refractivity contribution in [1.82, 2.24) is 21.3 Å². The second kappa shape index (κ2) is 16.5. The highest BCUT2D eigenvalue weighted by Crippen LogP contribution is 2.41. The van der Waals surface area contributed by atoms with Crippen LogP contribution in [0.3, 0.4) is 0 Å². The van der Waals surface area contributed by atoms with Crippen LogP contribution in [-0.2, 0) is 31.0 Å². The molecule has 10 heteroatoms. The number of amides is 3. The first-order valence-electron chi connectivity index (χ1n) is 15.8. The van der Waals surface area contributed by atoms with E-state index in [1.807, 2.05) is 18.2 Å². The summed E-state index contributed by atoms with van der Waals surface area (Å²) in [4.78, 5) is 39.4. The summed E-state index contributed by atoms with van der Waals surface area (Å²) < 4.78 is 25.4. The monoisotopic (exact) mass is 610 g/mol. The summed E-state index contributed by atoms with van der Waals surface area (Å²) >= 11 is 0. The Labute approximate surface area is 260 Å². The third-order valence-corrected chi connectivity index (χ3v) is 8.92. The first-order valence-corrected chi connectivity index (χ1v) is 15.8. The Kier molecular flexibility index (Phi) is 12.6. The van der Waals surface area contributed by atoms with Gasteiger partial charge in [-0.2, -0.15) is 0 Å². The van der Waals surface area contributed by atoms with Crippen molar-refractivity contribution in [2.75, 3.05) is 53.0 Å². The fourth-order valence-electron chi connectivity index (χ4n) is 6.28. The lowest BCUT2D eigenvalue weighted by Crippen LogP contribution is -2.52. The molecule has 0 saturated heterocycles. The number of methoxy groups -OCH3 is 1. The molecular formula is C34H47FN4O5. The predicted octanol–water partition coefficient (Wildman–Crippen LogP) is 3.40. The van der Waals surface area contributed by atoms with Gasteiger partial charge in [0.2, 0.25) is 11.8 Å². The van der Waals surface area contributed by atoms with Gasteiger partial charge in [-0.25, -0.2) is 4.39 Å². The van der Waals surface area contributed by atoms with Crippen molar-refractivity contribution >= 4 is 17.7 Å². The number of rotatable bonds is 7. The lowest BCUT2D eigenvalue weighted by molar-refractivity contribution is -0.133. The van der Waals surface area contributed by atoms with Crippen LogP contribution in [0.4, 0.5) is 4.39 Å². The highest BCUT2D eigenvalue weighted by atomic mass is 19.1. The summed E-state index contributed by atoms with van der Waals surface area (Å²) in [5, 5.41) is 12.4. The number of hydrogen-bond donors (Lipinski definition) is 4. The zero-order chi connectivity index (χ0) is 31.3. The van der Waals surface area contributed by atoms with E-state index < -0.39 is 5.41 Å². The standard InChI is InChI=1S/C34H47FN4O5/c1-43-20-16-34(32(42)39-24-33(14-2-3-15-33)27-7-4-8-28(35)21-27)22-26-10-12-29(13-11-26)44-23-31(41)37-19-6-18-36-17-5-9-30(40)38-25-34/h4,7-8,10-13,21,36H,2-3,5-6,9,14-20,22-25H2,1H3,(H,37,41)(H,38,40)(H,39,42). The smallest absolute Gasteiger partial charge is 0.257 e. The van der Waals surface area contributed by atoms with Gasteiger partial charge in [-0.3, -0.25) is 14.4 Å². The van der Waals surface area contributed by atoms with Crippen LogP contribution in [-0.4, -0.2) is 70.8 Å². The summed E-state index contributed by atoms with van der Waals surface area (Å²) in [5.74, 6) is -0.193. The number of benzene rings is 2. The Morgan fingerprint density at radius 2 is 1.75 bits per heavy atom. The van der Waals surface area contributed by atoms with Crippen LogP contribution in [0.15, 0.2) is 48.5 Å². The Morgan fingerprint density at radius 1 is 0.977 bits per heavy atom. The number of fused-ring (bicyclic) bond motifs is 17. The lowest BCUT2D eigenvalue weighted by Gasteiger charge is -2.36. The van der Waals surface area contributed by atoms with Crippen LogP contribution in [0, 0.1) is 11.2 Å². The van der Waals surface area contributed by atoms with Gasteiger partial charge in [-0.15, -0.1) is 0 Å². The molecular weight excluding hydrogens is 563 g/mol. The van der Waals surface area contributed by atoms with E-state index in [2.05, 4.69) is 21.3 Å². The van der Waals surface area contributed by atoms with Crippen molar-refractivity contribution in [3.05, 3.63) is 65.5 Å². The third kappa shape index (κ3) is 9.50. The van der Waals surface area contributed by atoms with E-state index in [1.165, 1.54) is 6.07 Å². The largest absolute Gasteiger partial charge is 0.484 e. The van der Waals surface area contributed by atoms with Gasteiger partial charge in [-0.1, -0.05) is 37.1 Å². The second-order valence-corrected chi connectivity index (χ2v) is 12.1. The molecule has 9 nitrogen and oxygen atoms in total. The molecule has 240 valence electrons. The highest BCUT2D eigenvalue weighted by molar-refractivity contribution is 5.85. The molecule has 0 aromatic heterocycles. The van der Waals surface area contributed by atoms with E-state index in [4.69, 9.17) is 9.47 Å². The van der Waals surface area contributed by atoms with Crippen molar-refractivity contribution < 1.29 is 28.2 Å². The molecule has 2 bridgehead atoms. The van der Waals surface area contributed by atoms with Gasteiger partial charge < -0.3 is 30.7 Å². The number of hydrogen-bond acceptors (Lipinski definition) is 6. The Hall–Kier alpha value is -3.50. The molecule has 2 heterocycles. The number of halogens is 1. The van der Waals surface area contributed by atoms with E-state index in [0.717, 1.165) is 49.8 Å². The number of nitrogens with one attached hydrogen (secondary N) is 4. The fourth-order valence-corrected chi connectivity index (χ4v) is 6.28. The second-order valence-electron chi connectivity index (χ2n) is 12.1. The molecule has 2 aromatic carbocycles. The molecule has 1 atom stereocenters. The molecule has 3 aliphatic rings. The number of ether oxygens (including phenoxy) is 2. The fraction of sp³-hybridized carbons (Fsp3) is 0.559. The Balaban J connectivity index is 1.58. The summed E-state index contributed by atoms with van der Waals surface area (Å²) in [7, 11) is 1.60. The average molecular weight is 611 g/mol. The van der Waals surface area contributed by atoms with Crippen molar-refractivity contribution in [3.63, 3.8) is 0 Å². The molecule has 1 aliphatic carbocycles. The molecule has 2 aliphatic heterocycles. The minimum Gasteiger partial charge on any atom is -0.484 e. The minimum atomic E-state index is -0.991. The van der Waals surface area contributed by atoms with E-state index >= 15 is 0 Å². The van der Waals surface area contributed by atoms with Gasteiger partial charge in [0.25, 0.3) is 5.91 Å². The highest BCUT2D eigenvalue weighted by Gasteiger charge is 2.42. The Bertz CT molecular complexity index is 1230. The predicted molar refractivity (Wildman–Crippen MR) is 167 cm³/mol. The first kappa shape index (κ1) is 33.4. The summed E-state index contributed by atoms with van der Waals surface area (Å²) in [6, 6.07) is 14.1. The number of carbonyl (C=O) groups is 3. The van der Waals surface area contributed by atoms with Crippen LogP contribution in [0.5, 0.6) is 5.75 Å². The molecule has 5 rings (SSSR count). The van der Waals surface area contributed by atoms with Crippen molar-refractivity contribution in [2.45, 2.75) is 63.2 Å². The molecule has 3 amide bonds. The lowest BCUT2D eigenvalue weighted by atomic mass is 9.75. The van der Waals surface area contributed by atoms with Gasteiger partial charge in [0.15, 0.2) is 6.61 Å². The topological polar surface area (TPSA) is 118 Å². The average Bonchev–Trinajstić information content (AvgIpc) is 3.52. The number of carbonyl (C=O) groups excluding carboxylic acids is 3. The van der Waals surface area contributed by atoms with Crippen LogP contribution in [0.1, 0.15) is 62.5 Å². The van der Waals surface area contributed by atoms with Gasteiger partial charge in [0.1, 0.15) is 11.6 Å². The van der Waals surface area contributed by atoms with Gasteiger partial charge in [-0.05, 0) is 87.0 Å². The molecule has 1 unspecified atom stereocenters. The Morgan fingerprint density at radius 3 is 2.50 bits per heavy atom. The van der Waals surface area contributed by atoms with Crippen LogP contribution in [0.2, 0.25) is 0 Å². The first-order chi connectivity index (χ1) is 21.3. The summed E-state index contributed by atoms with van der Waals surface area (Å²) in [5.41, 5.74) is 0.467. The van der Waals surface area contributed by atoms with Gasteiger partial charge in [0, 0.05) is 45.2 Å². The molecule has 1 fully saturated rings. The molecule has 4 N–H and O–H groups in total. The molecule has 1 saturated carbocycles. The summed E-state index contributed by atoms with van der Waals surface area (Å²) in [6.07, 6.45) is 6.27. The minimum absolute atomic E-state index is 0.0773. The van der Waals surface area contributed by atoms with Gasteiger partial charge in [0.05, 0.1) is 5.41 Å². The van der Waals surface area contributed by atoms with Crippen molar-refractivity contribution in [3.8, 4) is 5.75 Å². The molecule has 0 radical (unpaired) electrons. The summed E-state index contributed by atoms with van der Waals surface area (Å²) in [6.45, 7) is 2.74. The molecule has 0 spiro atoms. The van der Waals surface area contributed by atoms with Crippen LogP contribution < -0.4 is 26.0 Å².